The summed E-state index contributed by atoms with van der Waals surface area (Å²) in [6.45, 7) is 0.778. The summed E-state index contributed by atoms with van der Waals surface area (Å²) in [5.41, 5.74) is -0.261. The predicted octanol–water partition coefficient (Wildman–Crippen LogP) is 6.15. The highest BCUT2D eigenvalue weighted by atomic mass is 35.5. The van der Waals surface area contributed by atoms with Gasteiger partial charge in [-0.25, -0.2) is 0 Å². The molecule has 1 unspecified atom stereocenters. The van der Waals surface area contributed by atoms with Crippen LogP contribution in [0.3, 0.4) is 0 Å². The van der Waals surface area contributed by atoms with Crippen LogP contribution in [0.15, 0.2) is 53.7 Å². The molecule has 1 amide bonds. The maximum atomic E-state index is 13.2. The lowest BCUT2D eigenvalue weighted by molar-refractivity contribution is -0.137. The molecule has 2 heterocycles. The van der Waals surface area contributed by atoms with Crippen LogP contribution in [-0.2, 0) is 23.9 Å². The Morgan fingerprint density at radius 1 is 1.09 bits per heavy atom. The van der Waals surface area contributed by atoms with Crippen molar-refractivity contribution >= 4 is 35.0 Å². The second-order valence-electron chi connectivity index (χ2n) is 7.45. The number of fused-ring (bicyclic) bond motifs is 1. The number of amides is 1. The predicted molar refractivity (Wildman–Crippen MR) is 118 cm³/mol. The molecule has 0 aliphatic carbocycles. The van der Waals surface area contributed by atoms with E-state index in [0.717, 1.165) is 50.2 Å². The number of aromatic nitrogens is 3. The topological polar surface area (TPSA) is 59.8 Å². The molecule has 10 heteroatoms. The van der Waals surface area contributed by atoms with Gasteiger partial charge < -0.3 is 9.88 Å². The standard InChI is InChI=1S/C22H20ClF3N4OS/c23-17-11-10-15(13-16(17)22(24,25)26)27-20(31)19(14-7-3-1-4-8-14)32-21-29-28-18-9-5-2-6-12-30(18)21/h1,3-4,7-8,10-11,13,19H,2,5-6,9,12H2,(H,27,31). The molecule has 32 heavy (non-hydrogen) atoms. The van der Waals surface area contributed by atoms with Gasteiger partial charge in [0.25, 0.3) is 0 Å². The fourth-order valence-electron chi connectivity index (χ4n) is 3.58. The average molecular weight is 481 g/mol. The van der Waals surface area contributed by atoms with Crippen molar-refractivity contribution in [3.05, 3.63) is 70.5 Å². The molecule has 0 fully saturated rings. The minimum atomic E-state index is -4.62. The van der Waals surface area contributed by atoms with Gasteiger partial charge in [0.05, 0.1) is 10.6 Å². The van der Waals surface area contributed by atoms with Crippen LogP contribution in [0.25, 0.3) is 0 Å². The van der Waals surface area contributed by atoms with Crippen molar-refractivity contribution < 1.29 is 18.0 Å². The van der Waals surface area contributed by atoms with Crippen LogP contribution in [0.5, 0.6) is 0 Å². The normalized spacial score (nSPS) is 15.0. The number of hydrogen-bond acceptors (Lipinski definition) is 4. The van der Waals surface area contributed by atoms with Crippen LogP contribution in [0, 0.1) is 0 Å². The van der Waals surface area contributed by atoms with Crippen LogP contribution in [0.4, 0.5) is 18.9 Å². The molecule has 0 bridgehead atoms. The van der Waals surface area contributed by atoms with Crippen LogP contribution < -0.4 is 5.32 Å². The van der Waals surface area contributed by atoms with Gasteiger partial charge in [-0.05, 0) is 36.6 Å². The Bertz CT molecular complexity index is 1100. The molecular weight excluding hydrogens is 461 g/mol. The molecule has 0 radical (unpaired) electrons. The summed E-state index contributed by atoms with van der Waals surface area (Å²) in [4.78, 5) is 13.2. The number of halogens is 4. The zero-order chi connectivity index (χ0) is 22.7. The first-order valence-corrected chi connectivity index (χ1v) is 11.4. The maximum absolute atomic E-state index is 13.2. The molecule has 1 N–H and O–H groups in total. The van der Waals surface area contributed by atoms with E-state index in [-0.39, 0.29) is 5.69 Å². The lowest BCUT2D eigenvalue weighted by Crippen LogP contribution is -2.20. The summed E-state index contributed by atoms with van der Waals surface area (Å²) in [6, 6.07) is 12.4. The minimum Gasteiger partial charge on any atom is -0.325 e. The van der Waals surface area contributed by atoms with Crippen molar-refractivity contribution in [2.45, 2.75) is 48.8 Å². The van der Waals surface area contributed by atoms with Crippen LogP contribution in [0.1, 0.15) is 41.5 Å². The third-order valence-corrected chi connectivity index (χ3v) is 6.74. The second-order valence-corrected chi connectivity index (χ2v) is 8.93. The molecule has 0 saturated carbocycles. The molecule has 5 nitrogen and oxygen atoms in total. The first kappa shape index (κ1) is 22.7. The van der Waals surface area contributed by atoms with Crippen molar-refractivity contribution in [2.24, 2.45) is 0 Å². The van der Waals surface area contributed by atoms with E-state index in [4.69, 9.17) is 11.6 Å². The number of anilines is 1. The van der Waals surface area contributed by atoms with E-state index in [2.05, 4.69) is 15.5 Å². The molecule has 1 atom stereocenters. The summed E-state index contributed by atoms with van der Waals surface area (Å²) in [5, 5.41) is 10.6. The van der Waals surface area contributed by atoms with E-state index in [1.54, 1.807) is 12.1 Å². The number of hydrogen-bond donors (Lipinski definition) is 1. The quantitative estimate of drug-likeness (QED) is 0.445. The highest BCUT2D eigenvalue weighted by Crippen LogP contribution is 2.38. The summed E-state index contributed by atoms with van der Waals surface area (Å²) >= 11 is 6.94. The molecule has 2 aromatic carbocycles. The van der Waals surface area contributed by atoms with E-state index in [9.17, 15) is 18.0 Å². The molecule has 1 aromatic heterocycles. The van der Waals surface area contributed by atoms with Gasteiger partial charge in [-0.2, -0.15) is 13.2 Å². The highest BCUT2D eigenvalue weighted by Gasteiger charge is 2.34. The molecule has 168 valence electrons. The first-order chi connectivity index (χ1) is 15.3. The van der Waals surface area contributed by atoms with Crippen LogP contribution in [0.2, 0.25) is 5.02 Å². The SMILES string of the molecule is O=C(Nc1ccc(Cl)c(C(F)(F)F)c1)C(Sc1nnc2n1CCCCC2)c1ccccc1. The fourth-order valence-corrected chi connectivity index (χ4v) is 4.89. The zero-order valence-electron chi connectivity index (χ0n) is 16.9. The van der Waals surface area contributed by atoms with Gasteiger partial charge in [-0.3, -0.25) is 4.79 Å². The van der Waals surface area contributed by atoms with Gasteiger partial charge in [-0.1, -0.05) is 60.1 Å². The molecule has 1 aliphatic rings. The Morgan fingerprint density at radius 2 is 1.88 bits per heavy atom. The Morgan fingerprint density at radius 3 is 2.62 bits per heavy atom. The summed E-state index contributed by atoms with van der Waals surface area (Å²) in [7, 11) is 0. The van der Waals surface area contributed by atoms with E-state index >= 15 is 0 Å². The van der Waals surface area contributed by atoms with Crippen molar-refractivity contribution in [3.8, 4) is 0 Å². The second kappa shape index (κ2) is 9.54. The van der Waals surface area contributed by atoms with Crippen molar-refractivity contribution in [2.75, 3.05) is 5.32 Å². The Kier molecular flexibility index (Phi) is 6.76. The zero-order valence-corrected chi connectivity index (χ0v) is 18.5. The molecular formula is C22H20ClF3N4OS. The summed E-state index contributed by atoms with van der Waals surface area (Å²) in [6.07, 6.45) is -0.630. The Balaban J connectivity index is 1.62. The number of aryl methyl sites for hydroxylation is 1. The maximum Gasteiger partial charge on any atom is 0.417 e. The number of rotatable bonds is 5. The highest BCUT2D eigenvalue weighted by molar-refractivity contribution is 8.00. The number of benzene rings is 2. The van der Waals surface area contributed by atoms with E-state index in [1.165, 1.54) is 17.8 Å². The number of thioether (sulfide) groups is 1. The third kappa shape index (κ3) is 5.10. The van der Waals surface area contributed by atoms with E-state index in [0.29, 0.717) is 10.7 Å². The van der Waals surface area contributed by atoms with Crippen molar-refractivity contribution in [3.63, 3.8) is 0 Å². The third-order valence-electron chi connectivity index (χ3n) is 5.18. The minimum absolute atomic E-state index is 0.0216. The van der Waals surface area contributed by atoms with Gasteiger partial charge in [0.15, 0.2) is 5.16 Å². The number of alkyl halides is 3. The molecule has 3 aromatic rings. The number of carbonyl (C=O) groups excluding carboxylic acids is 1. The van der Waals surface area contributed by atoms with Crippen molar-refractivity contribution in [1.82, 2.24) is 14.8 Å². The van der Waals surface area contributed by atoms with Crippen LogP contribution >= 0.6 is 23.4 Å². The van der Waals surface area contributed by atoms with Gasteiger partial charge in [0.2, 0.25) is 5.91 Å². The van der Waals surface area contributed by atoms with E-state index < -0.39 is 27.9 Å². The Labute approximate surface area is 192 Å². The first-order valence-electron chi connectivity index (χ1n) is 10.1. The van der Waals surface area contributed by atoms with Gasteiger partial charge in [0.1, 0.15) is 11.1 Å². The Hall–Kier alpha value is -2.52. The molecule has 0 spiro atoms. The lowest BCUT2D eigenvalue weighted by atomic mass is 10.1. The average Bonchev–Trinajstić information content (AvgIpc) is 2.98. The largest absolute Gasteiger partial charge is 0.417 e. The summed E-state index contributed by atoms with van der Waals surface area (Å²) in [5.74, 6) is 0.437. The number of carbonyl (C=O) groups is 1. The molecule has 4 rings (SSSR count). The van der Waals surface area contributed by atoms with Gasteiger partial charge in [-0.15, -0.1) is 10.2 Å². The smallest absolute Gasteiger partial charge is 0.325 e. The summed E-state index contributed by atoms with van der Waals surface area (Å²) < 4.78 is 41.7. The van der Waals surface area contributed by atoms with Crippen molar-refractivity contribution in [1.29, 1.82) is 0 Å². The molecule has 0 saturated heterocycles. The van der Waals surface area contributed by atoms with Gasteiger partial charge >= 0.3 is 6.18 Å². The molecule has 1 aliphatic heterocycles. The fraction of sp³-hybridized carbons (Fsp3) is 0.318. The number of nitrogens with zero attached hydrogens (tertiary/aromatic N) is 3. The van der Waals surface area contributed by atoms with E-state index in [1.807, 2.05) is 22.8 Å². The monoisotopic (exact) mass is 480 g/mol. The number of nitrogens with one attached hydrogen (secondary N) is 1. The van der Waals surface area contributed by atoms with Crippen LogP contribution in [-0.4, -0.2) is 20.7 Å². The van der Waals surface area contributed by atoms with Gasteiger partial charge in [0, 0.05) is 18.7 Å². The lowest BCUT2D eigenvalue weighted by Gasteiger charge is -2.18.